The van der Waals surface area contributed by atoms with E-state index in [1.54, 1.807) is 11.9 Å². The van der Waals surface area contributed by atoms with Crippen LogP contribution >= 0.6 is 0 Å². The van der Waals surface area contributed by atoms with Crippen LogP contribution in [0, 0.1) is 0 Å². The Morgan fingerprint density at radius 1 is 1.33 bits per heavy atom. The number of carbonyl (C=O) groups excluding carboxylic acids is 2. The molecule has 0 aliphatic carbocycles. The zero-order valence-corrected chi connectivity index (χ0v) is 11.4. The quantitative estimate of drug-likeness (QED) is 0.707. The van der Waals surface area contributed by atoms with Gasteiger partial charge in [-0.05, 0) is 13.8 Å². The fourth-order valence-electron chi connectivity index (χ4n) is 1.95. The van der Waals surface area contributed by atoms with Crippen molar-refractivity contribution in [2.45, 2.75) is 19.9 Å². The number of hydrogen-bond acceptors (Lipinski definition) is 4. The van der Waals surface area contributed by atoms with E-state index >= 15 is 0 Å². The van der Waals surface area contributed by atoms with Crippen molar-refractivity contribution in [2.75, 3.05) is 46.4 Å². The van der Waals surface area contributed by atoms with Crippen LogP contribution in [0.15, 0.2) is 0 Å². The summed E-state index contributed by atoms with van der Waals surface area (Å²) >= 11 is 0. The van der Waals surface area contributed by atoms with Gasteiger partial charge in [0.25, 0.3) is 0 Å². The molecule has 1 aliphatic rings. The Bertz CT molecular complexity index is 286. The summed E-state index contributed by atoms with van der Waals surface area (Å²) < 4.78 is 5.24. The molecule has 0 saturated carbocycles. The summed E-state index contributed by atoms with van der Waals surface area (Å²) in [4.78, 5) is 27.1. The summed E-state index contributed by atoms with van der Waals surface area (Å²) in [5, 5.41) is 3.09. The number of nitrogens with zero attached hydrogens (tertiary/aromatic N) is 2. The van der Waals surface area contributed by atoms with Crippen LogP contribution in [0.1, 0.15) is 13.8 Å². The molecule has 1 fully saturated rings. The van der Waals surface area contributed by atoms with E-state index in [2.05, 4.69) is 5.32 Å². The van der Waals surface area contributed by atoms with Crippen molar-refractivity contribution >= 4 is 11.8 Å². The van der Waals surface area contributed by atoms with Gasteiger partial charge in [-0.1, -0.05) is 0 Å². The van der Waals surface area contributed by atoms with Gasteiger partial charge in [0.15, 0.2) is 0 Å². The number of hydrogen-bond donors (Lipinski definition) is 1. The van der Waals surface area contributed by atoms with Crippen LogP contribution in [-0.2, 0) is 14.3 Å². The Morgan fingerprint density at radius 2 is 2.00 bits per heavy atom. The van der Waals surface area contributed by atoms with Crippen LogP contribution in [0.2, 0.25) is 0 Å². The lowest BCUT2D eigenvalue weighted by molar-refractivity contribution is -0.142. The average Bonchev–Trinajstić information content (AvgIpc) is 2.40. The molecule has 0 spiro atoms. The highest BCUT2D eigenvalue weighted by molar-refractivity contribution is 5.87. The van der Waals surface area contributed by atoms with E-state index in [0.29, 0.717) is 32.8 Å². The molecule has 1 saturated heterocycles. The minimum Gasteiger partial charge on any atom is -0.378 e. The second-order valence-electron chi connectivity index (χ2n) is 4.34. The third-order valence-electron chi connectivity index (χ3n) is 3.08. The highest BCUT2D eigenvalue weighted by atomic mass is 16.5. The molecule has 1 rings (SSSR count). The lowest BCUT2D eigenvalue weighted by Crippen LogP contribution is -2.53. The minimum atomic E-state index is -0.326. The molecule has 2 amide bonds. The molecule has 1 atom stereocenters. The standard InChI is InChI=1S/C12H23N3O3/c1-4-15(5-2)11(16)8-14(3)12(17)10-9-18-7-6-13-10/h10,13H,4-9H2,1-3H3. The lowest BCUT2D eigenvalue weighted by Gasteiger charge is -2.28. The van der Waals surface area contributed by atoms with Crippen molar-refractivity contribution < 1.29 is 14.3 Å². The first-order valence-electron chi connectivity index (χ1n) is 6.44. The third-order valence-corrected chi connectivity index (χ3v) is 3.08. The van der Waals surface area contributed by atoms with Gasteiger partial charge in [-0.2, -0.15) is 0 Å². The average molecular weight is 257 g/mol. The molecule has 18 heavy (non-hydrogen) atoms. The number of ether oxygens (including phenoxy) is 1. The van der Waals surface area contributed by atoms with Crippen molar-refractivity contribution in [1.82, 2.24) is 15.1 Å². The van der Waals surface area contributed by atoms with Gasteiger partial charge < -0.3 is 19.9 Å². The molecule has 0 aromatic heterocycles. The fourth-order valence-corrected chi connectivity index (χ4v) is 1.95. The molecular formula is C12H23N3O3. The van der Waals surface area contributed by atoms with E-state index in [1.807, 2.05) is 13.8 Å². The van der Waals surface area contributed by atoms with Gasteiger partial charge in [0.1, 0.15) is 6.04 Å². The first-order chi connectivity index (χ1) is 8.60. The van der Waals surface area contributed by atoms with Crippen molar-refractivity contribution in [3.63, 3.8) is 0 Å². The Kier molecular flexibility index (Phi) is 6.07. The summed E-state index contributed by atoms with van der Waals surface area (Å²) in [7, 11) is 1.65. The summed E-state index contributed by atoms with van der Waals surface area (Å²) in [5.41, 5.74) is 0. The van der Waals surface area contributed by atoms with E-state index < -0.39 is 0 Å². The van der Waals surface area contributed by atoms with Crippen LogP contribution in [0.5, 0.6) is 0 Å². The second-order valence-corrected chi connectivity index (χ2v) is 4.34. The van der Waals surface area contributed by atoms with Crippen molar-refractivity contribution in [3.8, 4) is 0 Å². The van der Waals surface area contributed by atoms with Crippen LogP contribution in [0.4, 0.5) is 0 Å². The van der Waals surface area contributed by atoms with Crippen molar-refractivity contribution in [1.29, 1.82) is 0 Å². The van der Waals surface area contributed by atoms with Gasteiger partial charge in [0.05, 0.1) is 19.8 Å². The van der Waals surface area contributed by atoms with Gasteiger partial charge in [-0.25, -0.2) is 0 Å². The summed E-state index contributed by atoms with van der Waals surface area (Å²) in [6, 6.07) is -0.326. The van der Waals surface area contributed by atoms with Crippen molar-refractivity contribution in [2.24, 2.45) is 0 Å². The third kappa shape index (κ3) is 3.96. The van der Waals surface area contributed by atoms with Crippen LogP contribution in [0.3, 0.4) is 0 Å². The highest BCUT2D eigenvalue weighted by Gasteiger charge is 2.26. The molecule has 0 radical (unpaired) electrons. The molecule has 1 N–H and O–H groups in total. The Balaban J connectivity index is 2.45. The zero-order valence-electron chi connectivity index (χ0n) is 11.4. The molecule has 1 aliphatic heterocycles. The molecule has 6 nitrogen and oxygen atoms in total. The van der Waals surface area contributed by atoms with E-state index in [4.69, 9.17) is 4.74 Å². The monoisotopic (exact) mass is 257 g/mol. The van der Waals surface area contributed by atoms with Gasteiger partial charge in [-0.3, -0.25) is 9.59 Å². The normalized spacial score (nSPS) is 19.4. The van der Waals surface area contributed by atoms with Gasteiger partial charge in [-0.15, -0.1) is 0 Å². The number of carbonyl (C=O) groups is 2. The smallest absolute Gasteiger partial charge is 0.242 e. The number of amides is 2. The number of likely N-dealkylation sites (N-methyl/N-ethyl adjacent to an activating group) is 2. The predicted octanol–water partition coefficient (Wildman–Crippen LogP) is -0.698. The van der Waals surface area contributed by atoms with E-state index in [0.717, 1.165) is 0 Å². The van der Waals surface area contributed by atoms with Crippen LogP contribution < -0.4 is 5.32 Å². The molecule has 1 unspecified atom stereocenters. The molecule has 0 bridgehead atoms. The maximum absolute atomic E-state index is 12.0. The topological polar surface area (TPSA) is 61.9 Å². The Morgan fingerprint density at radius 3 is 2.50 bits per heavy atom. The minimum absolute atomic E-state index is 0.0208. The largest absolute Gasteiger partial charge is 0.378 e. The van der Waals surface area contributed by atoms with Crippen LogP contribution in [0.25, 0.3) is 0 Å². The predicted molar refractivity (Wildman–Crippen MR) is 68.2 cm³/mol. The summed E-state index contributed by atoms with van der Waals surface area (Å²) in [5.74, 6) is -0.109. The number of nitrogens with one attached hydrogen (secondary N) is 1. The maximum Gasteiger partial charge on any atom is 0.242 e. The zero-order chi connectivity index (χ0) is 13.5. The maximum atomic E-state index is 12.0. The molecule has 1 heterocycles. The SMILES string of the molecule is CCN(CC)C(=O)CN(C)C(=O)C1COCCN1. The first kappa shape index (κ1) is 14.9. The van der Waals surface area contributed by atoms with E-state index in [9.17, 15) is 9.59 Å². The number of rotatable bonds is 5. The Labute approximate surface area is 108 Å². The summed E-state index contributed by atoms with van der Waals surface area (Å²) in [6.07, 6.45) is 0. The Hall–Kier alpha value is -1.14. The van der Waals surface area contributed by atoms with Gasteiger partial charge in [0.2, 0.25) is 11.8 Å². The highest BCUT2D eigenvalue weighted by Crippen LogP contribution is 2.00. The molecule has 0 aromatic rings. The molecular weight excluding hydrogens is 234 g/mol. The number of morpholine rings is 1. The molecule has 104 valence electrons. The molecule has 0 aromatic carbocycles. The summed E-state index contributed by atoms with van der Waals surface area (Å²) in [6.45, 7) is 7.01. The van der Waals surface area contributed by atoms with Crippen molar-refractivity contribution in [3.05, 3.63) is 0 Å². The van der Waals surface area contributed by atoms with Gasteiger partial charge in [0, 0.05) is 26.7 Å². The second kappa shape index (κ2) is 7.33. The van der Waals surface area contributed by atoms with E-state index in [1.165, 1.54) is 4.90 Å². The van der Waals surface area contributed by atoms with Gasteiger partial charge >= 0.3 is 0 Å². The van der Waals surface area contributed by atoms with Crippen LogP contribution in [-0.4, -0.2) is 74.1 Å². The molecule has 6 heteroatoms. The lowest BCUT2D eigenvalue weighted by atomic mass is 10.2. The first-order valence-corrected chi connectivity index (χ1v) is 6.44. The van der Waals surface area contributed by atoms with E-state index in [-0.39, 0.29) is 24.4 Å². The fraction of sp³-hybridized carbons (Fsp3) is 0.833.